The lowest BCUT2D eigenvalue weighted by atomic mass is 10.2. The molecule has 0 unspecified atom stereocenters. The molecule has 0 bridgehead atoms. The summed E-state index contributed by atoms with van der Waals surface area (Å²) in [5, 5.41) is 4.61. The van der Waals surface area contributed by atoms with E-state index in [1.807, 2.05) is 18.4 Å². The second-order valence-corrected chi connectivity index (χ2v) is 6.20. The maximum atomic E-state index is 13.5. The van der Waals surface area contributed by atoms with E-state index in [0.717, 1.165) is 10.0 Å². The van der Waals surface area contributed by atoms with Crippen molar-refractivity contribution in [2.24, 2.45) is 0 Å². The standard InChI is InChI=1S/C14H15FN2OS2/c1-2-16-13(18)7-11-9-20-14(17-11)19-8-10-5-3-4-6-12(10)15/h3-6,9H,2,7-8H2,1H3,(H,16,18). The van der Waals surface area contributed by atoms with E-state index in [-0.39, 0.29) is 11.7 Å². The molecular weight excluding hydrogens is 295 g/mol. The highest BCUT2D eigenvalue weighted by Gasteiger charge is 2.08. The Labute approximate surface area is 125 Å². The molecule has 2 aromatic rings. The fourth-order valence-electron chi connectivity index (χ4n) is 1.61. The summed E-state index contributed by atoms with van der Waals surface area (Å²) in [4.78, 5) is 15.8. The molecule has 20 heavy (non-hydrogen) atoms. The van der Waals surface area contributed by atoms with Crippen LogP contribution in [0.5, 0.6) is 0 Å². The Morgan fingerprint density at radius 3 is 3.00 bits per heavy atom. The van der Waals surface area contributed by atoms with Gasteiger partial charge < -0.3 is 5.32 Å². The van der Waals surface area contributed by atoms with Crippen LogP contribution in [0.1, 0.15) is 18.2 Å². The number of halogens is 1. The molecule has 1 amide bonds. The van der Waals surface area contributed by atoms with Gasteiger partial charge in [-0.1, -0.05) is 30.0 Å². The van der Waals surface area contributed by atoms with Crippen LogP contribution in [0.4, 0.5) is 4.39 Å². The molecule has 1 N–H and O–H groups in total. The second-order valence-electron chi connectivity index (χ2n) is 4.12. The Balaban J connectivity index is 1.90. The SMILES string of the molecule is CCNC(=O)Cc1csc(SCc2ccccc2F)n1. The van der Waals surface area contributed by atoms with Gasteiger partial charge in [0, 0.05) is 17.7 Å². The molecule has 6 heteroatoms. The average Bonchev–Trinajstić information content (AvgIpc) is 2.85. The van der Waals surface area contributed by atoms with E-state index >= 15 is 0 Å². The van der Waals surface area contributed by atoms with Crippen molar-refractivity contribution in [2.75, 3.05) is 6.54 Å². The third-order valence-electron chi connectivity index (χ3n) is 2.56. The number of hydrogen-bond donors (Lipinski definition) is 1. The monoisotopic (exact) mass is 310 g/mol. The zero-order chi connectivity index (χ0) is 14.4. The smallest absolute Gasteiger partial charge is 0.226 e. The predicted octanol–water partition coefficient (Wildman–Crippen LogP) is 3.25. The van der Waals surface area contributed by atoms with Crippen molar-refractivity contribution in [1.29, 1.82) is 0 Å². The quantitative estimate of drug-likeness (QED) is 0.833. The molecule has 0 aliphatic carbocycles. The predicted molar refractivity (Wildman–Crippen MR) is 80.5 cm³/mol. The van der Waals surface area contributed by atoms with Crippen LogP contribution in [0.2, 0.25) is 0 Å². The van der Waals surface area contributed by atoms with Crippen molar-refractivity contribution in [3.63, 3.8) is 0 Å². The maximum Gasteiger partial charge on any atom is 0.226 e. The normalized spacial score (nSPS) is 10.5. The third kappa shape index (κ3) is 4.31. The molecule has 106 valence electrons. The minimum Gasteiger partial charge on any atom is -0.356 e. The van der Waals surface area contributed by atoms with E-state index in [0.29, 0.717) is 24.3 Å². The van der Waals surface area contributed by atoms with Gasteiger partial charge in [-0.25, -0.2) is 9.37 Å². The molecule has 0 fully saturated rings. The summed E-state index contributed by atoms with van der Waals surface area (Å²) in [6, 6.07) is 6.72. The number of carbonyl (C=O) groups is 1. The largest absolute Gasteiger partial charge is 0.356 e. The van der Waals surface area contributed by atoms with Crippen molar-refractivity contribution < 1.29 is 9.18 Å². The number of carbonyl (C=O) groups excluding carboxylic acids is 1. The van der Waals surface area contributed by atoms with Crippen molar-refractivity contribution >= 4 is 29.0 Å². The van der Waals surface area contributed by atoms with E-state index in [1.54, 1.807) is 12.1 Å². The Morgan fingerprint density at radius 2 is 2.25 bits per heavy atom. The Hall–Kier alpha value is -1.40. The lowest BCUT2D eigenvalue weighted by Crippen LogP contribution is -2.24. The maximum absolute atomic E-state index is 13.5. The summed E-state index contributed by atoms with van der Waals surface area (Å²) in [7, 11) is 0. The molecule has 3 nitrogen and oxygen atoms in total. The molecule has 2 rings (SSSR count). The lowest BCUT2D eigenvalue weighted by Gasteiger charge is -2.00. The first-order chi connectivity index (χ1) is 9.69. The summed E-state index contributed by atoms with van der Waals surface area (Å²) in [5.41, 5.74) is 1.43. The van der Waals surface area contributed by atoms with E-state index in [9.17, 15) is 9.18 Å². The lowest BCUT2D eigenvalue weighted by molar-refractivity contribution is -0.120. The molecule has 0 saturated carbocycles. The van der Waals surface area contributed by atoms with Gasteiger partial charge in [0.1, 0.15) is 10.2 Å². The van der Waals surface area contributed by atoms with Crippen molar-refractivity contribution in [1.82, 2.24) is 10.3 Å². The second kappa shape index (κ2) is 7.40. The highest BCUT2D eigenvalue weighted by molar-refractivity contribution is 8.00. The molecule has 0 atom stereocenters. The number of likely N-dealkylation sites (N-methyl/N-ethyl adjacent to an activating group) is 1. The van der Waals surface area contributed by atoms with Crippen LogP contribution in [0.25, 0.3) is 0 Å². The van der Waals surface area contributed by atoms with Gasteiger partial charge in [-0.3, -0.25) is 4.79 Å². The van der Waals surface area contributed by atoms with E-state index in [4.69, 9.17) is 0 Å². The van der Waals surface area contributed by atoms with Gasteiger partial charge in [0.25, 0.3) is 0 Å². The van der Waals surface area contributed by atoms with Gasteiger partial charge in [0.2, 0.25) is 5.91 Å². The van der Waals surface area contributed by atoms with Crippen LogP contribution >= 0.6 is 23.1 Å². The number of thiazole rings is 1. The fourth-order valence-corrected chi connectivity index (χ4v) is 3.45. The van der Waals surface area contributed by atoms with Crippen LogP contribution in [0.15, 0.2) is 34.0 Å². The molecule has 1 aromatic carbocycles. The first-order valence-electron chi connectivity index (χ1n) is 6.26. The van der Waals surface area contributed by atoms with Gasteiger partial charge in [-0.15, -0.1) is 11.3 Å². The first-order valence-corrected chi connectivity index (χ1v) is 8.13. The fraction of sp³-hybridized carbons (Fsp3) is 0.286. The van der Waals surface area contributed by atoms with Crippen LogP contribution in [-0.2, 0) is 17.0 Å². The minimum absolute atomic E-state index is 0.0246. The Bertz CT molecular complexity index is 586. The first kappa shape index (κ1) is 15.0. The highest BCUT2D eigenvalue weighted by Crippen LogP contribution is 2.27. The van der Waals surface area contributed by atoms with E-state index in [1.165, 1.54) is 29.2 Å². The average molecular weight is 310 g/mol. The number of benzene rings is 1. The number of hydrogen-bond acceptors (Lipinski definition) is 4. The van der Waals surface area contributed by atoms with Gasteiger partial charge in [0.15, 0.2) is 0 Å². The summed E-state index contributed by atoms with van der Waals surface area (Å²) >= 11 is 2.97. The molecular formula is C14H15FN2OS2. The number of nitrogens with zero attached hydrogens (tertiary/aromatic N) is 1. The van der Waals surface area contributed by atoms with E-state index in [2.05, 4.69) is 10.3 Å². The van der Waals surface area contributed by atoms with Crippen molar-refractivity contribution in [2.45, 2.75) is 23.4 Å². The molecule has 0 saturated heterocycles. The van der Waals surface area contributed by atoms with Crippen LogP contribution in [0.3, 0.4) is 0 Å². The van der Waals surface area contributed by atoms with Gasteiger partial charge in [0.05, 0.1) is 12.1 Å². The highest BCUT2D eigenvalue weighted by atomic mass is 32.2. The number of rotatable bonds is 6. The topological polar surface area (TPSA) is 42.0 Å². The molecule has 1 heterocycles. The molecule has 0 spiro atoms. The van der Waals surface area contributed by atoms with Crippen molar-refractivity contribution in [3.05, 3.63) is 46.7 Å². The zero-order valence-electron chi connectivity index (χ0n) is 11.1. The number of aromatic nitrogens is 1. The minimum atomic E-state index is -0.195. The van der Waals surface area contributed by atoms with Gasteiger partial charge in [-0.05, 0) is 18.6 Å². The van der Waals surface area contributed by atoms with Crippen LogP contribution in [0, 0.1) is 5.82 Å². The molecule has 0 radical (unpaired) electrons. The summed E-state index contributed by atoms with van der Waals surface area (Å²) in [6.45, 7) is 2.51. The number of amides is 1. The van der Waals surface area contributed by atoms with Gasteiger partial charge >= 0.3 is 0 Å². The Morgan fingerprint density at radius 1 is 1.45 bits per heavy atom. The van der Waals surface area contributed by atoms with Crippen LogP contribution in [-0.4, -0.2) is 17.4 Å². The Kier molecular flexibility index (Phi) is 5.55. The summed E-state index contributed by atoms with van der Waals surface area (Å²) in [6.07, 6.45) is 0.296. The third-order valence-corrected chi connectivity index (χ3v) is 4.67. The summed E-state index contributed by atoms with van der Waals surface area (Å²) < 4.78 is 14.3. The zero-order valence-corrected chi connectivity index (χ0v) is 12.7. The molecule has 0 aliphatic heterocycles. The van der Waals surface area contributed by atoms with E-state index < -0.39 is 0 Å². The van der Waals surface area contributed by atoms with Gasteiger partial charge in [-0.2, -0.15) is 0 Å². The molecule has 0 aliphatic rings. The van der Waals surface area contributed by atoms with Crippen LogP contribution < -0.4 is 5.32 Å². The summed E-state index contributed by atoms with van der Waals surface area (Å²) in [5.74, 6) is 0.323. The molecule has 1 aromatic heterocycles. The number of thioether (sulfide) groups is 1. The van der Waals surface area contributed by atoms with Crippen molar-refractivity contribution in [3.8, 4) is 0 Å². The number of nitrogens with one attached hydrogen (secondary N) is 1.